The van der Waals surface area contributed by atoms with Crippen LogP contribution in [-0.4, -0.2) is 55.3 Å². The third-order valence-electron chi connectivity index (χ3n) is 5.35. The molecule has 1 fully saturated rings. The molecule has 2 aromatic carbocycles. The summed E-state index contributed by atoms with van der Waals surface area (Å²) >= 11 is 0. The molecule has 26 heavy (non-hydrogen) atoms. The van der Waals surface area contributed by atoms with Crippen molar-refractivity contribution in [2.45, 2.75) is 12.5 Å². The van der Waals surface area contributed by atoms with E-state index in [1.807, 2.05) is 60.3 Å². The SMILES string of the molecule is CN(C)c1cccc(C(=O)N2CC(=O)N3CCc4ccccc4C3C2)c1. The summed E-state index contributed by atoms with van der Waals surface area (Å²) in [7, 11) is 3.90. The summed E-state index contributed by atoms with van der Waals surface area (Å²) in [5, 5.41) is 0. The molecule has 0 aromatic heterocycles. The van der Waals surface area contributed by atoms with Crippen LogP contribution in [0.3, 0.4) is 0 Å². The van der Waals surface area contributed by atoms with Gasteiger partial charge in [-0.15, -0.1) is 0 Å². The Morgan fingerprint density at radius 1 is 1.12 bits per heavy atom. The van der Waals surface area contributed by atoms with Crippen LogP contribution in [0.5, 0.6) is 0 Å². The van der Waals surface area contributed by atoms with E-state index in [9.17, 15) is 9.59 Å². The molecule has 0 saturated carbocycles. The number of piperazine rings is 1. The number of carbonyl (C=O) groups is 2. The predicted molar refractivity (Wildman–Crippen MR) is 101 cm³/mol. The van der Waals surface area contributed by atoms with Gasteiger partial charge in [0.1, 0.15) is 6.54 Å². The summed E-state index contributed by atoms with van der Waals surface area (Å²) in [6.45, 7) is 1.44. The van der Waals surface area contributed by atoms with Crippen molar-refractivity contribution in [1.29, 1.82) is 0 Å². The molecule has 1 atom stereocenters. The third kappa shape index (κ3) is 2.83. The van der Waals surface area contributed by atoms with Gasteiger partial charge in [0.05, 0.1) is 6.04 Å². The molecule has 2 amide bonds. The first-order valence-electron chi connectivity index (χ1n) is 8.98. The molecule has 134 valence electrons. The minimum Gasteiger partial charge on any atom is -0.378 e. The van der Waals surface area contributed by atoms with Crippen LogP contribution < -0.4 is 4.90 Å². The quantitative estimate of drug-likeness (QED) is 0.836. The predicted octanol–water partition coefficient (Wildman–Crippen LogP) is 2.33. The average Bonchev–Trinajstić information content (AvgIpc) is 2.67. The van der Waals surface area contributed by atoms with Gasteiger partial charge in [-0.25, -0.2) is 0 Å². The van der Waals surface area contributed by atoms with Crippen molar-refractivity contribution in [3.8, 4) is 0 Å². The van der Waals surface area contributed by atoms with Gasteiger partial charge in [0.2, 0.25) is 5.91 Å². The molecule has 5 nitrogen and oxygen atoms in total. The normalized spacial score (nSPS) is 19.0. The van der Waals surface area contributed by atoms with Crippen LogP contribution in [0.25, 0.3) is 0 Å². The maximum Gasteiger partial charge on any atom is 0.254 e. The minimum absolute atomic E-state index is 0.0351. The Bertz CT molecular complexity index is 862. The van der Waals surface area contributed by atoms with E-state index in [2.05, 4.69) is 12.1 Å². The summed E-state index contributed by atoms with van der Waals surface area (Å²) in [5.74, 6) is -0.0439. The second kappa shape index (κ2) is 6.48. The molecular formula is C21H23N3O2. The highest BCUT2D eigenvalue weighted by Gasteiger charge is 2.38. The lowest BCUT2D eigenvalue weighted by Crippen LogP contribution is -2.55. The third-order valence-corrected chi connectivity index (χ3v) is 5.35. The monoisotopic (exact) mass is 349 g/mol. The first-order chi connectivity index (χ1) is 12.5. The molecule has 0 aliphatic carbocycles. The van der Waals surface area contributed by atoms with Crippen LogP contribution in [0.1, 0.15) is 27.5 Å². The van der Waals surface area contributed by atoms with Crippen molar-refractivity contribution in [3.05, 3.63) is 65.2 Å². The highest BCUT2D eigenvalue weighted by atomic mass is 16.2. The molecule has 0 spiro atoms. The van der Waals surface area contributed by atoms with Gasteiger partial charge in [0.25, 0.3) is 5.91 Å². The van der Waals surface area contributed by atoms with Crippen molar-refractivity contribution in [2.24, 2.45) is 0 Å². The van der Waals surface area contributed by atoms with E-state index in [1.54, 1.807) is 4.90 Å². The van der Waals surface area contributed by atoms with E-state index in [4.69, 9.17) is 0 Å². The van der Waals surface area contributed by atoms with E-state index in [1.165, 1.54) is 11.1 Å². The Hall–Kier alpha value is -2.82. The topological polar surface area (TPSA) is 43.9 Å². The maximum atomic E-state index is 13.0. The lowest BCUT2D eigenvalue weighted by molar-refractivity contribution is -0.139. The van der Waals surface area contributed by atoms with E-state index < -0.39 is 0 Å². The zero-order valence-electron chi connectivity index (χ0n) is 15.2. The number of rotatable bonds is 2. The fraction of sp³-hybridized carbons (Fsp3) is 0.333. The molecule has 2 aliphatic rings. The van der Waals surface area contributed by atoms with Gasteiger partial charge in [0.15, 0.2) is 0 Å². The van der Waals surface area contributed by atoms with Crippen molar-refractivity contribution in [2.75, 3.05) is 38.6 Å². The lowest BCUT2D eigenvalue weighted by Gasteiger charge is -2.44. The highest BCUT2D eigenvalue weighted by Crippen LogP contribution is 2.33. The van der Waals surface area contributed by atoms with Crippen LogP contribution in [0, 0.1) is 0 Å². The van der Waals surface area contributed by atoms with E-state index in [0.29, 0.717) is 12.1 Å². The van der Waals surface area contributed by atoms with Crippen LogP contribution in [0.4, 0.5) is 5.69 Å². The molecule has 1 saturated heterocycles. The van der Waals surface area contributed by atoms with E-state index in [-0.39, 0.29) is 24.4 Å². The highest BCUT2D eigenvalue weighted by molar-refractivity contribution is 5.98. The maximum absolute atomic E-state index is 13.0. The largest absolute Gasteiger partial charge is 0.378 e. The molecule has 0 N–H and O–H groups in total. The first-order valence-corrected chi connectivity index (χ1v) is 8.98. The van der Waals surface area contributed by atoms with E-state index >= 15 is 0 Å². The summed E-state index contributed by atoms with van der Waals surface area (Å²) in [4.78, 5) is 31.3. The van der Waals surface area contributed by atoms with Crippen molar-refractivity contribution in [1.82, 2.24) is 9.80 Å². The Morgan fingerprint density at radius 2 is 1.92 bits per heavy atom. The standard InChI is InChI=1S/C21H23N3O2/c1-22(2)17-8-5-7-16(12-17)21(26)23-13-19-18-9-4-3-6-15(18)10-11-24(19)20(25)14-23/h3-9,12,19H,10-11,13-14H2,1-2H3. The van der Waals surface area contributed by atoms with Gasteiger partial charge in [-0.05, 0) is 35.7 Å². The fourth-order valence-electron chi connectivity index (χ4n) is 3.93. The number of hydrogen-bond donors (Lipinski definition) is 0. The molecular weight excluding hydrogens is 326 g/mol. The molecule has 2 aromatic rings. The smallest absolute Gasteiger partial charge is 0.254 e. The number of amides is 2. The summed E-state index contributed by atoms with van der Waals surface area (Å²) < 4.78 is 0. The number of carbonyl (C=O) groups excluding carboxylic acids is 2. The Morgan fingerprint density at radius 3 is 2.73 bits per heavy atom. The zero-order valence-corrected chi connectivity index (χ0v) is 15.2. The number of fused-ring (bicyclic) bond motifs is 3. The number of benzene rings is 2. The van der Waals surface area contributed by atoms with Gasteiger partial charge in [-0.2, -0.15) is 0 Å². The van der Waals surface area contributed by atoms with Crippen molar-refractivity contribution >= 4 is 17.5 Å². The summed E-state index contributed by atoms with van der Waals surface area (Å²) in [6, 6.07) is 15.8. The zero-order chi connectivity index (χ0) is 18.3. The van der Waals surface area contributed by atoms with Crippen LogP contribution >= 0.6 is 0 Å². The Labute approximate surface area is 153 Å². The van der Waals surface area contributed by atoms with Crippen LogP contribution in [-0.2, 0) is 11.2 Å². The van der Waals surface area contributed by atoms with Crippen molar-refractivity contribution in [3.63, 3.8) is 0 Å². The number of nitrogens with zero attached hydrogens (tertiary/aromatic N) is 3. The molecule has 0 radical (unpaired) electrons. The molecule has 2 aliphatic heterocycles. The second-order valence-electron chi connectivity index (χ2n) is 7.18. The average molecular weight is 349 g/mol. The number of hydrogen-bond acceptors (Lipinski definition) is 3. The molecule has 5 heteroatoms. The Balaban J connectivity index is 1.62. The van der Waals surface area contributed by atoms with E-state index in [0.717, 1.165) is 18.7 Å². The first kappa shape index (κ1) is 16.6. The van der Waals surface area contributed by atoms with Gasteiger partial charge in [0, 0.05) is 38.4 Å². The van der Waals surface area contributed by atoms with Gasteiger partial charge >= 0.3 is 0 Å². The summed E-state index contributed by atoms with van der Waals surface area (Å²) in [5.41, 5.74) is 4.06. The van der Waals surface area contributed by atoms with Gasteiger partial charge < -0.3 is 14.7 Å². The van der Waals surface area contributed by atoms with Crippen LogP contribution in [0.2, 0.25) is 0 Å². The minimum atomic E-state index is -0.0789. The van der Waals surface area contributed by atoms with Gasteiger partial charge in [-0.1, -0.05) is 30.3 Å². The number of anilines is 1. The molecule has 1 unspecified atom stereocenters. The Kier molecular flexibility index (Phi) is 4.15. The molecule has 0 bridgehead atoms. The summed E-state index contributed by atoms with van der Waals surface area (Å²) in [6.07, 6.45) is 0.886. The fourth-order valence-corrected chi connectivity index (χ4v) is 3.93. The second-order valence-corrected chi connectivity index (χ2v) is 7.18. The lowest BCUT2D eigenvalue weighted by atomic mass is 9.90. The van der Waals surface area contributed by atoms with Crippen LogP contribution in [0.15, 0.2) is 48.5 Å². The molecule has 2 heterocycles. The molecule has 4 rings (SSSR count). The van der Waals surface area contributed by atoms with Crippen molar-refractivity contribution < 1.29 is 9.59 Å². The van der Waals surface area contributed by atoms with Gasteiger partial charge in [-0.3, -0.25) is 9.59 Å².